The van der Waals surface area contributed by atoms with Crippen molar-refractivity contribution >= 4 is 35.0 Å². The third-order valence-corrected chi connectivity index (χ3v) is 4.04. The van der Waals surface area contributed by atoms with Crippen molar-refractivity contribution in [2.24, 2.45) is 0 Å². The van der Waals surface area contributed by atoms with Crippen molar-refractivity contribution in [3.8, 4) is 0 Å². The zero-order valence-electron chi connectivity index (χ0n) is 14.4. The number of carbonyl (C=O) groups is 2. The van der Waals surface area contributed by atoms with Crippen molar-refractivity contribution in [2.75, 3.05) is 30.8 Å². The lowest BCUT2D eigenvalue weighted by atomic mass is 10.3. The molecule has 2 rings (SSSR count). The zero-order valence-corrected chi connectivity index (χ0v) is 15.2. The Labute approximate surface area is 158 Å². The second-order valence-corrected chi connectivity index (χ2v) is 6.74. The van der Waals surface area contributed by atoms with Crippen LogP contribution in [-0.4, -0.2) is 42.6 Å². The van der Waals surface area contributed by atoms with E-state index in [9.17, 15) is 22.8 Å². The number of carbonyl (C=O) groups excluding carboxylic acids is 2. The van der Waals surface area contributed by atoms with Crippen molar-refractivity contribution in [3.05, 3.63) is 54.3 Å². The molecule has 2 aromatic carbocycles. The summed E-state index contributed by atoms with van der Waals surface area (Å²) in [7, 11) is 1.60. The normalized spacial score (nSPS) is 10.9. The van der Waals surface area contributed by atoms with Gasteiger partial charge in [-0.15, -0.1) is 0 Å². The highest BCUT2D eigenvalue weighted by Crippen LogP contribution is 2.26. The summed E-state index contributed by atoms with van der Waals surface area (Å²) >= 11 is 0.425. The Hall–Kier alpha value is -2.52. The van der Waals surface area contributed by atoms with Crippen molar-refractivity contribution in [3.63, 3.8) is 0 Å². The monoisotopic (exact) mass is 397 g/mol. The minimum atomic E-state index is -2.50. The SMILES string of the molecule is CN(CC(=O)Nc1ccc(F)cc1)CC(=O)Nc1ccc(SC(F)F)cc1. The summed E-state index contributed by atoms with van der Waals surface area (Å²) in [6.45, 7) is -0.0703. The van der Waals surface area contributed by atoms with Gasteiger partial charge in [-0.1, -0.05) is 11.8 Å². The Morgan fingerprint density at radius 3 is 1.81 bits per heavy atom. The van der Waals surface area contributed by atoms with Crippen LogP contribution in [0.1, 0.15) is 0 Å². The molecule has 0 aromatic heterocycles. The van der Waals surface area contributed by atoms with Gasteiger partial charge >= 0.3 is 0 Å². The summed E-state index contributed by atoms with van der Waals surface area (Å²) in [6, 6.07) is 11.4. The fourth-order valence-electron chi connectivity index (χ4n) is 2.20. The first-order valence-corrected chi connectivity index (χ1v) is 8.78. The van der Waals surface area contributed by atoms with E-state index < -0.39 is 11.6 Å². The average Bonchev–Trinajstić information content (AvgIpc) is 2.58. The van der Waals surface area contributed by atoms with Gasteiger partial charge in [0.15, 0.2) is 0 Å². The number of amides is 2. The van der Waals surface area contributed by atoms with Crippen molar-refractivity contribution in [1.29, 1.82) is 0 Å². The molecule has 9 heteroatoms. The van der Waals surface area contributed by atoms with E-state index in [1.165, 1.54) is 53.4 Å². The average molecular weight is 397 g/mol. The highest BCUT2D eigenvalue weighted by molar-refractivity contribution is 7.99. The van der Waals surface area contributed by atoms with E-state index in [-0.39, 0.29) is 24.9 Å². The first kappa shape index (κ1) is 20.8. The summed E-state index contributed by atoms with van der Waals surface area (Å²) in [4.78, 5) is 25.9. The third-order valence-electron chi connectivity index (χ3n) is 3.32. The van der Waals surface area contributed by atoms with Crippen LogP contribution >= 0.6 is 11.8 Å². The Kier molecular flexibility index (Phi) is 7.68. The fraction of sp³-hybridized carbons (Fsp3) is 0.222. The Balaban J connectivity index is 1.77. The second kappa shape index (κ2) is 9.98. The lowest BCUT2D eigenvalue weighted by molar-refractivity contribution is -0.119. The van der Waals surface area contributed by atoms with E-state index in [1.807, 2.05) is 0 Å². The minimum absolute atomic E-state index is 0.0330. The van der Waals surface area contributed by atoms with Crippen LogP contribution in [0.2, 0.25) is 0 Å². The summed E-state index contributed by atoms with van der Waals surface area (Å²) in [6.07, 6.45) is 0. The number of rotatable bonds is 8. The molecule has 5 nitrogen and oxygen atoms in total. The van der Waals surface area contributed by atoms with Crippen LogP contribution in [-0.2, 0) is 9.59 Å². The number of nitrogens with zero attached hydrogens (tertiary/aromatic N) is 1. The van der Waals surface area contributed by atoms with Crippen molar-refractivity contribution < 1.29 is 22.8 Å². The standard InChI is InChI=1S/C18H18F3N3O2S/c1-24(10-16(25)22-13-4-2-12(19)3-5-13)11-17(26)23-14-6-8-15(9-7-14)27-18(20)21/h2-9,18H,10-11H2,1H3,(H,22,25)(H,23,26). The van der Waals surface area contributed by atoms with Crippen LogP contribution < -0.4 is 10.6 Å². The van der Waals surface area contributed by atoms with Gasteiger partial charge in [-0.05, 0) is 55.6 Å². The Morgan fingerprint density at radius 2 is 1.37 bits per heavy atom. The van der Waals surface area contributed by atoms with Gasteiger partial charge in [0.05, 0.1) is 13.1 Å². The summed E-state index contributed by atoms with van der Waals surface area (Å²) in [5.74, 6) is -3.59. The van der Waals surface area contributed by atoms with Crippen LogP contribution in [0.25, 0.3) is 0 Å². The molecule has 2 amide bonds. The second-order valence-electron chi connectivity index (χ2n) is 5.68. The molecule has 2 aromatic rings. The molecule has 27 heavy (non-hydrogen) atoms. The Morgan fingerprint density at radius 1 is 0.926 bits per heavy atom. The maximum absolute atomic E-state index is 12.8. The van der Waals surface area contributed by atoms with Gasteiger partial charge in [0.2, 0.25) is 11.8 Å². The number of hydrogen-bond acceptors (Lipinski definition) is 4. The highest BCUT2D eigenvalue weighted by atomic mass is 32.2. The third kappa shape index (κ3) is 7.71. The van der Waals surface area contributed by atoms with Crippen LogP contribution in [0.4, 0.5) is 24.5 Å². The molecule has 144 valence electrons. The van der Waals surface area contributed by atoms with E-state index >= 15 is 0 Å². The lowest BCUT2D eigenvalue weighted by Crippen LogP contribution is -2.36. The fourth-order valence-corrected chi connectivity index (χ4v) is 2.70. The summed E-state index contributed by atoms with van der Waals surface area (Å²) < 4.78 is 37.4. The van der Waals surface area contributed by atoms with Gasteiger partial charge in [-0.2, -0.15) is 8.78 Å². The van der Waals surface area contributed by atoms with Gasteiger partial charge in [-0.25, -0.2) is 4.39 Å². The molecule has 0 aliphatic rings. The zero-order chi connectivity index (χ0) is 19.8. The quantitative estimate of drug-likeness (QED) is 0.668. The molecule has 0 saturated heterocycles. The number of likely N-dealkylation sites (N-methyl/N-ethyl adjacent to an activating group) is 1. The van der Waals surface area contributed by atoms with E-state index in [2.05, 4.69) is 10.6 Å². The first-order chi connectivity index (χ1) is 12.8. The summed E-state index contributed by atoms with van der Waals surface area (Å²) in [5.41, 5.74) is 0.934. The number of hydrogen-bond donors (Lipinski definition) is 2. The molecule has 0 spiro atoms. The van der Waals surface area contributed by atoms with Gasteiger partial charge in [-0.3, -0.25) is 14.5 Å². The highest BCUT2D eigenvalue weighted by Gasteiger charge is 2.12. The van der Waals surface area contributed by atoms with Crippen LogP contribution in [0.3, 0.4) is 0 Å². The number of anilines is 2. The minimum Gasteiger partial charge on any atom is -0.325 e. The van der Waals surface area contributed by atoms with Gasteiger partial charge in [0.1, 0.15) is 5.82 Å². The Bertz CT molecular complexity index is 770. The molecule has 0 bridgehead atoms. The smallest absolute Gasteiger partial charge is 0.288 e. The predicted molar refractivity (Wildman–Crippen MR) is 99.5 cm³/mol. The molecule has 0 radical (unpaired) electrons. The number of halogens is 3. The maximum atomic E-state index is 12.8. The number of nitrogens with one attached hydrogen (secondary N) is 2. The van der Waals surface area contributed by atoms with Gasteiger partial charge in [0.25, 0.3) is 5.76 Å². The topological polar surface area (TPSA) is 61.4 Å². The van der Waals surface area contributed by atoms with Crippen molar-refractivity contribution in [2.45, 2.75) is 10.7 Å². The molecule has 0 aliphatic carbocycles. The van der Waals surface area contributed by atoms with E-state index in [1.54, 1.807) is 7.05 Å². The molecule has 0 unspecified atom stereocenters. The predicted octanol–water partition coefficient (Wildman–Crippen LogP) is 3.65. The summed E-state index contributed by atoms with van der Waals surface area (Å²) in [5, 5.41) is 5.23. The van der Waals surface area contributed by atoms with Crippen molar-refractivity contribution in [1.82, 2.24) is 4.90 Å². The van der Waals surface area contributed by atoms with Gasteiger partial charge < -0.3 is 10.6 Å². The molecule has 0 fully saturated rings. The molecule has 0 atom stereocenters. The number of benzene rings is 2. The van der Waals surface area contributed by atoms with Crippen LogP contribution in [0, 0.1) is 5.82 Å². The van der Waals surface area contributed by atoms with Crippen LogP contribution in [0.15, 0.2) is 53.4 Å². The number of alkyl halides is 2. The van der Waals surface area contributed by atoms with E-state index in [0.717, 1.165) is 0 Å². The lowest BCUT2D eigenvalue weighted by Gasteiger charge is -2.16. The molecular weight excluding hydrogens is 379 g/mol. The van der Waals surface area contributed by atoms with Gasteiger partial charge in [0, 0.05) is 16.3 Å². The van der Waals surface area contributed by atoms with Crippen LogP contribution in [0.5, 0.6) is 0 Å². The largest absolute Gasteiger partial charge is 0.325 e. The molecular formula is C18H18F3N3O2S. The maximum Gasteiger partial charge on any atom is 0.288 e. The van der Waals surface area contributed by atoms with E-state index in [4.69, 9.17) is 0 Å². The molecule has 2 N–H and O–H groups in total. The molecule has 0 heterocycles. The number of thioether (sulfide) groups is 1. The van der Waals surface area contributed by atoms with E-state index in [0.29, 0.717) is 28.0 Å². The first-order valence-electron chi connectivity index (χ1n) is 7.90. The molecule has 0 aliphatic heterocycles. The molecule has 0 saturated carbocycles.